The third-order valence-corrected chi connectivity index (χ3v) is 5.03. The third-order valence-electron chi connectivity index (χ3n) is 5.03. The highest BCUT2D eigenvalue weighted by molar-refractivity contribution is 6.04. The van der Waals surface area contributed by atoms with Gasteiger partial charge in [0.2, 0.25) is 0 Å². The lowest BCUT2D eigenvalue weighted by Crippen LogP contribution is -2.05. The lowest BCUT2D eigenvalue weighted by molar-refractivity contribution is 0.0699. The molecule has 0 saturated carbocycles. The van der Waals surface area contributed by atoms with Crippen LogP contribution in [0.25, 0.3) is 33.3 Å². The lowest BCUT2D eigenvalue weighted by Gasteiger charge is -2.07. The van der Waals surface area contributed by atoms with Crippen molar-refractivity contribution in [3.05, 3.63) is 83.7 Å². The average Bonchev–Trinajstić information content (AvgIpc) is 3.36. The first kappa shape index (κ1) is 17.2. The average molecular weight is 383 g/mol. The number of pyridine rings is 1. The van der Waals surface area contributed by atoms with Gasteiger partial charge in [-0.25, -0.2) is 14.5 Å². The Bertz CT molecular complexity index is 1370. The minimum Gasteiger partial charge on any atom is -0.478 e. The van der Waals surface area contributed by atoms with E-state index in [0.717, 1.165) is 10.9 Å². The van der Waals surface area contributed by atoms with Crippen molar-refractivity contribution in [1.29, 1.82) is 0 Å². The summed E-state index contributed by atoms with van der Waals surface area (Å²) in [5, 5.41) is 17.2. The van der Waals surface area contributed by atoms with Gasteiger partial charge >= 0.3 is 5.97 Å². The Kier molecular flexibility index (Phi) is 3.91. The molecule has 0 aliphatic rings. The number of aromatic nitrogens is 3. The largest absolute Gasteiger partial charge is 0.478 e. The van der Waals surface area contributed by atoms with Gasteiger partial charge in [0.25, 0.3) is 0 Å². The van der Waals surface area contributed by atoms with Crippen LogP contribution in [-0.4, -0.2) is 25.8 Å². The first-order chi connectivity index (χ1) is 14.1. The van der Waals surface area contributed by atoms with Crippen LogP contribution in [-0.2, 0) is 6.54 Å². The monoisotopic (exact) mass is 383 g/mol. The van der Waals surface area contributed by atoms with Crippen LogP contribution >= 0.6 is 0 Å². The summed E-state index contributed by atoms with van der Waals surface area (Å²) in [7, 11) is 0. The first-order valence-corrected chi connectivity index (χ1v) is 9.23. The Balaban J connectivity index is 1.67. The van der Waals surface area contributed by atoms with E-state index >= 15 is 0 Å². The Hall–Kier alpha value is -3.93. The summed E-state index contributed by atoms with van der Waals surface area (Å²) in [6.45, 7) is 2.29. The number of benzene rings is 2. The van der Waals surface area contributed by atoms with E-state index in [1.54, 1.807) is 36.1 Å². The van der Waals surface area contributed by atoms with Gasteiger partial charge in [0.05, 0.1) is 29.5 Å². The molecule has 0 saturated heterocycles. The van der Waals surface area contributed by atoms with Crippen LogP contribution in [0.2, 0.25) is 0 Å². The second-order valence-electron chi connectivity index (χ2n) is 6.96. The van der Waals surface area contributed by atoms with E-state index in [0.29, 0.717) is 34.7 Å². The quantitative estimate of drug-likeness (QED) is 0.477. The molecular weight excluding hydrogens is 366 g/mol. The van der Waals surface area contributed by atoms with Crippen molar-refractivity contribution in [2.24, 2.45) is 0 Å². The maximum atomic E-state index is 11.9. The predicted octanol–water partition coefficient (Wildman–Crippen LogP) is 4.90. The van der Waals surface area contributed by atoms with Gasteiger partial charge in [-0.15, -0.1) is 0 Å². The number of hydrogen-bond donors (Lipinski definition) is 1. The van der Waals surface area contributed by atoms with E-state index < -0.39 is 5.97 Å². The SMILES string of the molecule is Cc1nn(Cc2ccc3ccccc3c2)c2nc(-c3ccco3)cc(C(=O)O)c12. The summed E-state index contributed by atoms with van der Waals surface area (Å²) in [6.07, 6.45) is 1.54. The lowest BCUT2D eigenvalue weighted by atomic mass is 10.1. The van der Waals surface area contributed by atoms with Gasteiger partial charge in [0.15, 0.2) is 11.4 Å². The number of aromatic carboxylic acids is 1. The minimum absolute atomic E-state index is 0.170. The highest BCUT2D eigenvalue weighted by Gasteiger charge is 2.20. The number of fused-ring (bicyclic) bond motifs is 2. The van der Waals surface area contributed by atoms with Crippen molar-refractivity contribution in [2.45, 2.75) is 13.5 Å². The molecule has 0 spiro atoms. The third kappa shape index (κ3) is 2.95. The molecule has 29 heavy (non-hydrogen) atoms. The summed E-state index contributed by atoms with van der Waals surface area (Å²) >= 11 is 0. The molecule has 6 heteroatoms. The molecule has 0 amide bonds. The van der Waals surface area contributed by atoms with Gasteiger partial charge in [0.1, 0.15) is 5.69 Å². The number of carbonyl (C=O) groups is 1. The Morgan fingerprint density at radius 3 is 2.66 bits per heavy atom. The van der Waals surface area contributed by atoms with Crippen molar-refractivity contribution in [3.63, 3.8) is 0 Å². The fraction of sp³-hybridized carbons (Fsp3) is 0.0870. The summed E-state index contributed by atoms with van der Waals surface area (Å²) < 4.78 is 7.19. The molecule has 6 nitrogen and oxygen atoms in total. The molecule has 5 rings (SSSR count). The second-order valence-corrected chi connectivity index (χ2v) is 6.96. The molecule has 0 aliphatic heterocycles. The zero-order valence-electron chi connectivity index (χ0n) is 15.7. The number of nitrogens with zero attached hydrogens (tertiary/aromatic N) is 3. The van der Waals surface area contributed by atoms with Crippen LogP contribution in [0, 0.1) is 6.92 Å². The normalized spacial score (nSPS) is 11.3. The molecule has 0 atom stereocenters. The number of furan rings is 1. The first-order valence-electron chi connectivity index (χ1n) is 9.23. The topological polar surface area (TPSA) is 81.2 Å². The van der Waals surface area contributed by atoms with E-state index in [2.05, 4.69) is 40.4 Å². The molecule has 0 unspecified atom stereocenters. The molecule has 1 N–H and O–H groups in total. The molecule has 2 aromatic carbocycles. The van der Waals surface area contributed by atoms with Crippen molar-refractivity contribution < 1.29 is 14.3 Å². The molecule has 3 heterocycles. The zero-order valence-corrected chi connectivity index (χ0v) is 15.7. The maximum absolute atomic E-state index is 11.9. The second kappa shape index (κ2) is 6.60. The molecular formula is C23H17N3O3. The molecule has 3 aromatic heterocycles. The highest BCUT2D eigenvalue weighted by atomic mass is 16.4. The number of rotatable bonds is 4. The summed E-state index contributed by atoms with van der Waals surface area (Å²) in [6, 6.07) is 19.5. The van der Waals surface area contributed by atoms with E-state index in [-0.39, 0.29) is 5.56 Å². The van der Waals surface area contributed by atoms with Crippen LogP contribution in [0.4, 0.5) is 0 Å². The predicted molar refractivity (Wildman–Crippen MR) is 110 cm³/mol. The maximum Gasteiger partial charge on any atom is 0.336 e. The van der Waals surface area contributed by atoms with Crippen LogP contribution < -0.4 is 0 Å². The van der Waals surface area contributed by atoms with E-state index in [1.807, 2.05) is 12.1 Å². The van der Waals surface area contributed by atoms with Gasteiger partial charge in [-0.3, -0.25) is 0 Å². The van der Waals surface area contributed by atoms with Gasteiger partial charge in [0, 0.05) is 0 Å². The number of hydrogen-bond acceptors (Lipinski definition) is 4. The molecule has 0 aliphatic carbocycles. The minimum atomic E-state index is -1.02. The number of aryl methyl sites for hydroxylation is 1. The van der Waals surface area contributed by atoms with Crippen molar-refractivity contribution in [2.75, 3.05) is 0 Å². The Morgan fingerprint density at radius 2 is 1.90 bits per heavy atom. The number of carboxylic acid groups (broad SMARTS) is 1. The highest BCUT2D eigenvalue weighted by Crippen LogP contribution is 2.28. The van der Waals surface area contributed by atoms with Crippen molar-refractivity contribution in [1.82, 2.24) is 14.8 Å². The molecule has 0 bridgehead atoms. The standard InChI is InChI=1S/C23H17N3O3/c1-14-21-18(23(27)28)12-19(20-7-4-10-29-20)24-22(21)26(25-14)13-15-8-9-16-5-2-3-6-17(16)11-15/h2-12H,13H2,1H3,(H,27,28). The van der Waals surface area contributed by atoms with Gasteiger partial charge < -0.3 is 9.52 Å². The van der Waals surface area contributed by atoms with Crippen LogP contribution in [0.5, 0.6) is 0 Å². The Morgan fingerprint density at radius 1 is 1.07 bits per heavy atom. The van der Waals surface area contributed by atoms with Crippen LogP contribution in [0.3, 0.4) is 0 Å². The van der Waals surface area contributed by atoms with E-state index in [4.69, 9.17) is 4.42 Å². The summed E-state index contributed by atoms with van der Waals surface area (Å²) in [5.41, 5.74) is 2.87. The Labute approximate surface area is 166 Å². The summed E-state index contributed by atoms with van der Waals surface area (Å²) in [4.78, 5) is 16.6. The van der Waals surface area contributed by atoms with Crippen molar-refractivity contribution in [3.8, 4) is 11.5 Å². The fourth-order valence-corrected chi connectivity index (χ4v) is 3.69. The molecule has 0 radical (unpaired) electrons. The van der Waals surface area contributed by atoms with Gasteiger partial charge in [-0.1, -0.05) is 36.4 Å². The zero-order chi connectivity index (χ0) is 20.0. The van der Waals surface area contributed by atoms with Crippen molar-refractivity contribution >= 4 is 27.8 Å². The van der Waals surface area contributed by atoms with E-state index in [1.165, 1.54) is 5.39 Å². The molecule has 142 valence electrons. The fourth-order valence-electron chi connectivity index (χ4n) is 3.69. The number of carboxylic acids is 1. The van der Waals surface area contributed by atoms with E-state index in [9.17, 15) is 9.90 Å². The smallest absolute Gasteiger partial charge is 0.336 e. The summed E-state index contributed by atoms with van der Waals surface area (Å²) in [5.74, 6) is -0.496. The van der Waals surface area contributed by atoms with Gasteiger partial charge in [-0.2, -0.15) is 5.10 Å². The van der Waals surface area contributed by atoms with Gasteiger partial charge in [-0.05, 0) is 47.5 Å². The molecule has 0 fully saturated rings. The van der Waals surface area contributed by atoms with Crippen LogP contribution in [0.1, 0.15) is 21.6 Å². The van der Waals surface area contributed by atoms with Crippen LogP contribution in [0.15, 0.2) is 71.3 Å². The molecule has 5 aromatic rings.